The number of rotatable bonds is 4. The molecule has 0 unspecified atom stereocenters. The van der Waals surface area contributed by atoms with Gasteiger partial charge in [0.2, 0.25) is 5.90 Å². The third-order valence-electron chi connectivity index (χ3n) is 5.41. The minimum Gasteiger partial charge on any atom is -0.475 e. The van der Waals surface area contributed by atoms with E-state index in [1.807, 2.05) is 42.3 Å². The highest BCUT2D eigenvalue weighted by atomic mass is 16.7. The van der Waals surface area contributed by atoms with Crippen LogP contribution < -0.4 is 0 Å². The summed E-state index contributed by atoms with van der Waals surface area (Å²) in [5.74, 6) is 0.401. The third kappa shape index (κ3) is 3.23. The maximum Gasteiger partial charge on any atom is 0.337 e. The molecule has 4 rings (SSSR count). The van der Waals surface area contributed by atoms with Gasteiger partial charge in [-0.15, -0.1) is 5.06 Å². The monoisotopic (exact) mass is 358 g/mol. The molecule has 1 saturated heterocycles. The van der Waals surface area contributed by atoms with Crippen molar-refractivity contribution in [3.63, 3.8) is 0 Å². The number of esters is 1. The fraction of sp³-hybridized carbons (Fsp3) is 0.600. The summed E-state index contributed by atoms with van der Waals surface area (Å²) in [6.45, 7) is 2.65. The summed E-state index contributed by atoms with van der Waals surface area (Å²) >= 11 is 0. The molecule has 1 aliphatic carbocycles. The lowest BCUT2D eigenvalue weighted by atomic mass is 9.89. The fourth-order valence-electron chi connectivity index (χ4n) is 4.15. The topological polar surface area (TPSA) is 60.4 Å². The van der Waals surface area contributed by atoms with Gasteiger partial charge in [-0.05, 0) is 38.2 Å². The number of ether oxygens (including phenoxy) is 2. The molecule has 3 aliphatic rings. The number of carbonyl (C=O) groups is 1. The quantitative estimate of drug-likeness (QED) is 0.774. The summed E-state index contributed by atoms with van der Waals surface area (Å²) in [5.41, 5.74) is 0.725. The van der Waals surface area contributed by atoms with Crippen LogP contribution in [0.1, 0.15) is 51.0 Å². The molecule has 1 spiro atoms. The Balaban J connectivity index is 1.52. The molecule has 0 N–H and O–H groups in total. The predicted molar refractivity (Wildman–Crippen MR) is 96.2 cm³/mol. The number of nitrogens with zero attached hydrogens (tertiary/aromatic N) is 2. The number of hydrogen-bond donors (Lipinski definition) is 0. The Labute approximate surface area is 154 Å². The molecule has 0 aromatic heterocycles. The fourth-order valence-corrected chi connectivity index (χ4v) is 4.15. The molecular weight excluding hydrogens is 332 g/mol. The van der Waals surface area contributed by atoms with Crippen molar-refractivity contribution >= 4 is 11.9 Å². The number of hydroxylamine groups is 2. The van der Waals surface area contributed by atoms with Gasteiger partial charge in [-0.1, -0.05) is 36.8 Å². The second-order valence-electron chi connectivity index (χ2n) is 7.19. The SMILES string of the molecule is CCOC(=O)[C@H]1C[C@@H]2C(OCc3ccccc3)=NC3(CCCCC3)N2O1. The first kappa shape index (κ1) is 17.5. The van der Waals surface area contributed by atoms with Gasteiger partial charge >= 0.3 is 5.97 Å². The number of benzene rings is 1. The molecule has 140 valence electrons. The van der Waals surface area contributed by atoms with Gasteiger partial charge in [-0.3, -0.25) is 4.84 Å². The molecule has 1 saturated carbocycles. The second-order valence-corrected chi connectivity index (χ2v) is 7.19. The third-order valence-corrected chi connectivity index (χ3v) is 5.41. The summed E-state index contributed by atoms with van der Waals surface area (Å²) in [4.78, 5) is 23.2. The lowest BCUT2D eigenvalue weighted by Crippen LogP contribution is -2.46. The van der Waals surface area contributed by atoms with Crippen LogP contribution >= 0.6 is 0 Å². The molecule has 2 atom stereocenters. The van der Waals surface area contributed by atoms with Crippen LogP contribution in [0, 0.1) is 0 Å². The normalized spacial score (nSPS) is 27.2. The Morgan fingerprint density at radius 2 is 2.04 bits per heavy atom. The van der Waals surface area contributed by atoms with Crippen LogP contribution in [0.4, 0.5) is 0 Å². The van der Waals surface area contributed by atoms with Crippen molar-refractivity contribution < 1.29 is 19.1 Å². The zero-order valence-corrected chi connectivity index (χ0v) is 15.2. The number of fused-ring (bicyclic) bond motifs is 2. The zero-order valence-electron chi connectivity index (χ0n) is 15.2. The first-order chi connectivity index (χ1) is 12.7. The van der Waals surface area contributed by atoms with Crippen molar-refractivity contribution in [2.45, 2.75) is 69.9 Å². The molecule has 1 aromatic rings. The number of hydrogen-bond acceptors (Lipinski definition) is 6. The molecule has 0 bridgehead atoms. The average molecular weight is 358 g/mol. The standard InChI is InChI=1S/C20H26N2O4/c1-2-24-19(23)17-13-16-18(25-14-15-9-5-3-6-10-15)21-20(22(16)26-17)11-7-4-8-12-20/h3,5-6,9-10,16-17H,2,4,7-8,11-14H2,1H3/t16-,17-/m1/s1. The van der Waals surface area contributed by atoms with Crippen molar-refractivity contribution in [1.29, 1.82) is 0 Å². The first-order valence-electron chi connectivity index (χ1n) is 9.61. The van der Waals surface area contributed by atoms with Crippen LogP contribution in [-0.2, 0) is 25.7 Å². The van der Waals surface area contributed by atoms with E-state index in [4.69, 9.17) is 19.3 Å². The van der Waals surface area contributed by atoms with E-state index < -0.39 is 6.10 Å². The highest BCUT2D eigenvalue weighted by Gasteiger charge is 2.56. The van der Waals surface area contributed by atoms with Gasteiger partial charge < -0.3 is 9.47 Å². The van der Waals surface area contributed by atoms with Gasteiger partial charge in [0, 0.05) is 6.42 Å². The van der Waals surface area contributed by atoms with E-state index in [0.717, 1.165) is 31.2 Å². The second kappa shape index (κ2) is 7.37. The minimum absolute atomic E-state index is 0.105. The summed E-state index contributed by atoms with van der Waals surface area (Å²) in [5, 5.41) is 1.94. The molecular formula is C20H26N2O4. The molecule has 0 radical (unpaired) electrons. The molecule has 0 amide bonds. The van der Waals surface area contributed by atoms with Crippen molar-refractivity contribution in [3.8, 4) is 0 Å². The Morgan fingerprint density at radius 3 is 2.77 bits per heavy atom. The zero-order chi connectivity index (χ0) is 18.0. The predicted octanol–water partition coefficient (Wildman–Crippen LogP) is 3.21. The lowest BCUT2D eigenvalue weighted by molar-refractivity contribution is -0.223. The van der Waals surface area contributed by atoms with Crippen LogP contribution in [0.2, 0.25) is 0 Å². The molecule has 2 fully saturated rings. The van der Waals surface area contributed by atoms with E-state index in [2.05, 4.69) is 0 Å². The van der Waals surface area contributed by atoms with Crippen LogP contribution in [0.25, 0.3) is 0 Å². The van der Waals surface area contributed by atoms with Gasteiger partial charge in [0.15, 0.2) is 6.10 Å². The highest BCUT2D eigenvalue weighted by molar-refractivity contribution is 5.86. The largest absolute Gasteiger partial charge is 0.475 e. The van der Waals surface area contributed by atoms with E-state index in [0.29, 0.717) is 25.5 Å². The lowest BCUT2D eigenvalue weighted by Gasteiger charge is -2.37. The molecule has 6 nitrogen and oxygen atoms in total. The van der Waals surface area contributed by atoms with Crippen molar-refractivity contribution in [1.82, 2.24) is 5.06 Å². The van der Waals surface area contributed by atoms with Crippen LogP contribution in [0.15, 0.2) is 35.3 Å². The minimum atomic E-state index is -0.565. The number of carbonyl (C=O) groups excluding carboxylic acids is 1. The Hall–Kier alpha value is -1.92. The Morgan fingerprint density at radius 1 is 1.27 bits per heavy atom. The van der Waals surface area contributed by atoms with Gasteiger partial charge in [-0.2, -0.15) is 0 Å². The maximum atomic E-state index is 12.2. The summed E-state index contributed by atoms with van der Waals surface area (Å²) in [6.07, 6.45) is 5.31. The van der Waals surface area contributed by atoms with Crippen molar-refractivity contribution in [2.75, 3.05) is 6.61 Å². The van der Waals surface area contributed by atoms with E-state index in [9.17, 15) is 4.79 Å². The van der Waals surface area contributed by atoms with Crippen molar-refractivity contribution in [2.24, 2.45) is 4.99 Å². The highest BCUT2D eigenvalue weighted by Crippen LogP contribution is 2.45. The van der Waals surface area contributed by atoms with E-state index in [-0.39, 0.29) is 17.7 Å². The number of aliphatic imine (C=N–C) groups is 1. The van der Waals surface area contributed by atoms with Gasteiger partial charge in [-0.25, -0.2) is 9.79 Å². The van der Waals surface area contributed by atoms with E-state index in [1.54, 1.807) is 0 Å². The Kier molecular flexibility index (Phi) is 4.96. The van der Waals surface area contributed by atoms with Gasteiger partial charge in [0.1, 0.15) is 18.3 Å². The summed E-state index contributed by atoms with van der Waals surface area (Å²) < 4.78 is 11.3. The smallest absolute Gasteiger partial charge is 0.337 e. The maximum absolute atomic E-state index is 12.2. The molecule has 26 heavy (non-hydrogen) atoms. The van der Waals surface area contributed by atoms with Crippen LogP contribution in [0.3, 0.4) is 0 Å². The average Bonchev–Trinajstić information content (AvgIpc) is 3.22. The summed E-state index contributed by atoms with van der Waals surface area (Å²) in [6, 6.07) is 9.96. The van der Waals surface area contributed by atoms with Crippen LogP contribution in [-0.4, -0.2) is 41.3 Å². The molecule has 6 heteroatoms. The van der Waals surface area contributed by atoms with Crippen LogP contribution in [0.5, 0.6) is 0 Å². The van der Waals surface area contributed by atoms with Gasteiger partial charge in [0.05, 0.1) is 6.61 Å². The van der Waals surface area contributed by atoms with E-state index >= 15 is 0 Å². The first-order valence-corrected chi connectivity index (χ1v) is 9.61. The van der Waals surface area contributed by atoms with E-state index in [1.165, 1.54) is 6.42 Å². The Bertz CT molecular complexity index is 670. The molecule has 1 aromatic carbocycles. The molecule has 2 heterocycles. The summed E-state index contributed by atoms with van der Waals surface area (Å²) in [7, 11) is 0. The van der Waals surface area contributed by atoms with Gasteiger partial charge in [0.25, 0.3) is 0 Å². The molecule has 2 aliphatic heterocycles. The van der Waals surface area contributed by atoms with Crippen molar-refractivity contribution in [3.05, 3.63) is 35.9 Å².